The predicted molar refractivity (Wildman–Crippen MR) is 54.3 cm³/mol. The molecule has 72 valence electrons. The molecule has 1 N–H and O–H groups in total. The Labute approximate surface area is 76.9 Å². The van der Waals surface area contributed by atoms with Crippen LogP contribution in [0.5, 0.6) is 0 Å². The molecule has 1 heteroatoms. The van der Waals surface area contributed by atoms with Gasteiger partial charge in [-0.05, 0) is 37.6 Å². The van der Waals surface area contributed by atoms with Gasteiger partial charge in [0.05, 0.1) is 0 Å². The van der Waals surface area contributed by atoms with Gasteiger partial charge in [0.2, 0.25) is 0 Å². The van der Waals surface area contributed by atoms with Gasteiger partial charge in [-0.15, -0.1) is 0 Å². The van der Waals surface area contributed by atoms with Crippen LogP contribution in [0.4, 0.5) is 0 Å². The van der Waals surface area contributed by atoms with E-state index in [1.54, 1.807) is 0 Å². The van der Waals surface area contributed by atoms with Crippen molar-refractivity contribution in [1.82, 2.24) is 5.32 Å². The molecular formula is C11H23N. The van der Waals surface area contributed by atoms with E-state index in [0.717, 1.165) is 5.92 Å². The molecule has 1 saturated heterocycles. The van der Waals surface area contributed by atoms with Gasteiger partial charge in [0, 0.05) is 6.04 Å². The molecule has 0 unspecified atom stereocenters. The lowest BCUT2D eigenvalue weighted by atomic mass is 9.74. The standard InChI is InChI=1S/C11H23N/c1-9-10(11(2,3)4)7-5-6-8-12-9/h9-10,12H,5-8H2,1-4H3/t9-,10+/m0/s1. The summed E-state index contributed by atoms with van der Waals surface area (Å²) in [6.07, 6.45) is 4.16. The van der Waals surface area contributed by atoms with Crippen molar-refractivity contribution >= 4 is 0 Å². The van der Waals surface area contributed by atoms with Gasteiger partial charge in [0.25, 0.3) is 0 Å². The van der Waals surface area contributed by atoms with E-state index in [0.29, 0.717) is 11.5 Å². The van der Waals surface area contributed by atoms with Crippen LogP contribution < -0.4 is 5.32 Å². The molecule has 1 fully saturated rings. The van der Waals surface area contributed by atoms with Gasteiger partial charge in [-0.2, -0.15) is 0 Å². The Bertz CT molecular complexity index is 134. The fourth-order valence-electron chi connectivity index (χ4n) is 2.39. The minimum absolute atomic E-state index is 0.469. The SMILES string of the molecule is C[C@@H]1NCCCC[C@H]1C(C)(C)C. The topological polar surface area (TPSA) is 12.0 Å². The Morgan fingerprint density at radius 2 is 1.83 bits per heavy atom. The summed E-state index contributed by atoms with van der Waals surface area (Å²) in [7, 11) is 0. The number of rotatable bonds is 0. The lowest BCUT2D eigenvalue weighted by Gasteiger charge is -2.34. The quantitative estimate of drug-likeness (QED) is 0.588. The van der Waals surface area contributed by atoms with Crippen LogP contribution in [-0.4, -0.2) is 12.6 Å². The highest BCUT2D eigenvalue weighted by atomic mass is 14.9. The molecule has 0 spiro atoms. The van der Waals surface area contributed by atoms with Gasteiger partial charge < -0.3 is 5.32 Å². The van der Waals surface area contributed by atoms with Crippen LogP contribution in [0.1, 0.15) is 47.0 Å². The van der Waals surface area contributed by atoms with Gasteiger partial charge >= 0.3 is 0 Å². The van der Waals surface area contributed by atoms with Crippen molar-refractivity contribution in [2.45, 2.75) is 53.0 Å². The molecule has 12 heavy (non-hydrogen) atoms. The van der Waals surface area contributed by atoms with Gasteiger partial charge in [0.15, 0.2) is 0 Å². The van der Waals surface area contributed by atoms with Gasteiger partial charge in [-0.3, -0.25) is 0 Å². The molecule has 0 aromatic rings. The van der Waals surface area contributed by atoms with Crippen LogP contribution >= 0.6 is 0 Å². The van der Waals surface area contributed by atoms with E-state index in [9.17, 15) is 0 Å². The summed E-state index contributed by atoms with van der Waals surface area (Å²) in [5.41, 5.74) is 0.469. The van der Waals surface area contributed by atoms with Crippen LogP contribution in [0.15, 0.2) is 0 Å². The van der Waals surface area contributed by atoms with E-state index >= 15 is 0 Å². The summed E-state index contributed by atoms with van der Waals surface area (Å²) in [4.78, 5) is 0. The number of nitrogens with one attached hydrogen (secondary N) is 1. The zero-order valence-corrected chi connectivity index (χ0v) is 8.98. The van der Waals surface area contributed by atoms with E-state index in [4.69, 9.17) is 0 Å². The first-order chi connectivity index (χ1) is 5.52. The highest BCUT2D eigenvalue weighted by Gasteiger charge is 2.29. The van der Waals surface area contributed by atoms with E-state index in [2.05, 4.69) is 33.0 Å². The summed E-state index contributed by atoms with van der Waals surface area (Å²) in [5, 5.41) is 3.60. The second-order valence-electron chi connectivity index (χ2n) is 5.21. The average Bonchev–Trinajstić information content (AvgIpc) is 2.11. The fourth-order valence-corrected chi connectivity index (χ4v) is 2.39. The molecule has 0 bridgehead atoms. The predicted octanol–water partition coefficient (Wildman–Crippen LogP) is 2.81. The largest absolute Gasteiger partial charge is 0.314 e. The molecule has 1 aliphatic rings. The summed E-state index contributed by atoms with van der Waals surface area (Å²) in [5.74, 6) is 0.847. The number of hydrogen-bond acceptors (Lipinski definition) is 1. The molecule has 2 atom stereocenters. The summed E-state index contributed by atoms with van der Waals surface area (Å²) < 4.78 is 0. The second-order valence-corrected chi connectivity index (χ2v) is 5.21. The van der Waals surface area contributed by atoms with Crippen LogP contribution in [0.25, 0.3) is 0 Å². The molecule has 0 aliphatic carbocycles. The molecule has 1 aliphatic heterocycles. The highest BCUT2D eigenvalue weighted by Crippen LogP contribution is 2.33. The summed E-state index contributed by atoms with van der Waals surface area (Å²) in [6, 6.07) is 0.701. The Hall–Kier alpha value is -0.0400. The highest BCUT2D eigenvalue weighted by molar-refractivity contribution is 4.84. The molecule has 1 rings (SSSR count). The maximum absolute atomic E-state index is 3.60. The van der Waals surface area contributed by atoms with E-state index in [1.165, 1.54) is 25.8 Å². The summed E-state index contributed by atoms with van der Waals surface area (Å²) >= 11 is 0. The zero-order valence-electron chi connectivity index (χ0n) is 8.98. The monoisotopic (exact) mass is 169 g/mol. The van der Waals surface area contributed by atoms with E-state index in [1.807, 2.05) is 0 Å². The van der Waals surface area contributed by atoms with Crippen LogP contribution in [0, 0.1) is 11.3 Å². The molecule has 0 radical (unpaired) electrons. The molecule has 1 nitrogen and oxygen atoms in total. The van der Waals surface area contributed by atoms with Crippen LogP contribution in [-0.2, 0) is 0 Å². The first-order valence-corrected chi connectivity index (χ1v) is 5.25. The van der Waals surface area contributed by atoms with Crippen molar-refractivity contribution in [3.05, 3.63) is 0 Å². The fraction of sp³-hybridized carbons (Fsp3) is 1.00. The van der Waals surface area contributed by atoms with Crippen molar-refractivity contribution in [1.29, 1.82) is 0 Å². The van der Waals surface area contributed by atoms with Crippen LogP contribution in [0.2, 0.25) is 0 Å². The Balaban J connectivity index is 2.59. The second kappa shape index (κ2) is 3.78. The Morgan fingerprint density at radius 3 is 2.42 bits per heavy atom. The smallest absolute Gasteiger partial charge is 0.00719 e. The molecule has 0 aromatic carbocycles. The molecule has 0 saturated carbocycles. The average molecular weight is 169 g/mol. The van der Waals surface area contributed by atoms with Crippen molar-refractivity contribution in [3.63, 3.8) is 0 Å². The van der Waals surface area contributed by atoms with Crippen LogP contribution in [0.3, 0.4) is 0 Å². The first-order valence-electron chi connectivity index (χ1n) is 5.25. The van der Waals surface area contributed by atoms with Crippen molar-refractivity contribution < 1.29 is 0 Å². The number of hydrogen-bond donors (Lipinski definition) is 1. The Morgan fingerprint density at radius 1 is 1.17 bits per heavy atom. The van der Waals surface area contributed by atoms with E-state index in [-0.39, 0.29) is 0 Å². The van der Waals surface area contributed by atoms with E-state index < -0.39 is 0 Å². The molecule has 0 amide bonds. The van der Waals surface area contributed by atoms with Gasteiger partial charge in [-0.1, -0.05) is 27.2 Å². The third-order valence-electron chi connectivity index (χ3n) is 3.12. The lowest BCUT2D eigenvalue weighted by molar-refractivity contribution is 0.185. The molecule has 1 heterocycles. The van der Waals surface area contributed by atoms with Crippen molar-refractivity contribution in [2.24, 2.45) is 11.3 Å². The maximum Gasteiger partial charge on any atom is 0.00719 e. The van der Waals surface area contributed by atoms with Gasteiger partial charge in [0.1, 0.15) is 0 Å². The molecule has 0 aromatic heterocycles. The molecular weight excluding hydrogens is 146 g/mol. The maximum atomic E-state index is 3.60. The zero-order chi connectivity index (χ0) is 9.19. The van der Waals surface area contributed by atoms with Gasteiger partial charge in [-0.25, -0.2) is 0 Å². The van der Waals surface area contributed by atoms with Crippen molar-refractivity contribution in [2.75, 3.05) is 6.54 Å². The third-order valence-corrected chi connectivity index (χ3v) is 3.12. The third kappa shape index (κ3) is 2.48. The Kier molecular flexibility index (Phi) is 3.16. The summed E-state index contributed by atoms with van der Waals surface area (Å²) in [6.45, 7) is 10.6. The first kappa shape index (κ1) is 10.0. The minimum Gasteiger partial charge on any atom is -0.314 e. The minimum atomic E-state index is 0.469. The lowest BCUT2D eigenvalue weighted by Crippen LogP contribution is -2.38. The van der Waals surface area contributed by atoms with Crippen molar-refractivity contribution in [3.8, 4) is 0 Å². The normalized spacial score (nSPS) is 33.0.